The molecule has 2 aromatic heterocycles. The number of carbonyl (C=O) groups is 1. The molecule has 146 valence electrons. The van der Waals surface area contributed by atoms with E-state index in [2.05, 4.69) is 17.0 Å². The zero-order valence-electron chi connectivity index (χ0n) is 16.0. The molecule has 0 aliphatic carbocycles. The van der Waals surface area contributed by atoms with Crippen LogP contribution in [0.2, 0.25) is 0 Å². The van der Waals surface area contributed by atoms with E-state index in [1.807, 2.05) is 43.3 Å². The van der Waals surface area contributed by atoms with Gasteiger partial charge in [0, 0.05) is 5.92 Å². The Morgan fingerprint density at radius 3 is 2.79 bits per heavy atom. The summed E-state index contributed by atoms with van der Waals surface area (Å²) in [5, 5.41) is 4.30. The van der Waals surface area contributed by atoms with E-state index in [9.17, 15) is 4.79 Å². The van der Waals surface area contributed by atoms with Crippen molar-refractivity contribution in [3.63, 3.8) is 0 Å². The van der Waals surface area contributed by atoms with Crippen molar-refractivity contribution in [1.29, 1.82) is 0 Å². The van der Waals surface area contributed by atoms with Crippen molar-refractivity contribution >= 4 is 17.6 Å². The first kappa shape index (κ1) is 18.6. The van der Waals surface area contributed by atoms with Gasteiger partial charge < -0.3 is 15.2 Å². The molecule has 1 fully saturated rings. The van der Waals surface area contributed by atoms with Crippen LogP contribution < -0.4 is 5.73 Å². The Balaban J connectivity index is 1.76. The molecule has 1 aliphatic rings. The summed E-state index contributed by atoms with van der Waals surface area (Å²) in [5.41, 5.74) is 6.99. The molecule has 0 amide bonds. The molecular weight excluding hydrogens is 356 g/mol. The lowest BCUT2D eigenvalue weighted by Crippen LogP contribution is -2.43. The predicted octanol–water partition coefficient (Wildman–Crippen LogP) is 2.74. The van der Waals surface area contributed by atoms with Crippen LogP contribution in [0.25, 0.3) is 5.52 Å². The minimum Gasteiger partial charge on any atom is -0.382 e. The Bertz CT molecular complexity index is 974. The number of benzene rings is 1. The fourth-order valence-electron chi connectivity index (χ4n) is 4.11. The number of nitrogen functional groups attached to an aromatic ring is 1. The van der Waals surface area contributed by atoms with Crippen LogP contribution in [0.3, 0.4) is 0 Å². The van der Waals surface area contributed by atoms with Gasteiger partial charge in [0.25, 0.3) is 0 Å². The number of nitrogens with zero attached hydrogens (tertiary/aromatic N) is 3. The molecule has 0 bridgehead atoms. The van der Waals surface area contributed by atoms with Crippen molar-refractivity contribution in [2.24, 2.45) is 5.92 Å². The molecule has 2 N–H and O–H groups in total. The van der Waals surface area contributed by atoms with Crippen LogP contribution in [0, 0.1) is 5.92 Å². The van der Waals surface area contributed by atoms with Crippen LogP contribution in [-0.4, -0.2) is 33.1 Å². The standard InChI is InChI=1S/C21H24N4O3/c1-3-17-14(2)19(27-11-15-7-5-4-6-8-15)21(12-26,28-17)18-10-9-16-20(22)23-13-24-25(16)18/h4-10,12-14,17,19H,3,11H2,1-2H3,(H2,22,23,24)/t14?,17-,19+,21+/m1/s1. The van der Waals surface area contributed by atoms with Crippen molar-refractivity contribution in [3.8, 4) is 0 Å². The van der Waals surface area contributed by atoms with Gasteiger partial charge in [-0.05, 0) is 24.1 Å². The number of aromatic nitrogens is 3. The fourth-order valence-corrected chi connectivity index (χ4v) is 4.11. The highest BCUT2D eigenvalue weighted by Crippen LogP contribution is 2.45. The van der Waals surface area contributed by atoms with E-state index in [4.69, 9.17) is 15.2 Å². The SMILES string of the molecule is CC[C@H]1O[C@@](C=O)(c2ccc3c(N)ncnn23)[C@@H](OCc2ccccc2)C1C. The van der Waals surface area contributed by atoms with E-state index in [1.165, 1.54) is 6.33 Å². The second-order valence-corrected chi connectivity index (χ2v) is 7.21. The van der Waals surface area contributed by atoms with E-state index >= 15 is 0 Å². The minimum absolute atomic E-state index is 0.0312. The van der Waals surface area contributed by atoms with Crippen LogP contribution in [0.4, 0.5) is 5.82 Å². The van der Waals surface area contributed by atoms with Gasteiger partial charge in [-0.1, -0.05) is 44.2 Å². The smallest absolute Gasteiger partial charge is 0.191 e. The van der Waals surface area contributed by atoms with Gasteiger partial charge in [0.05, 0.1) is 18.4 Å². The summed E-state index contributed by atoms with van der Waals surface area (Å²) in [5.74, 6) is 0.380. The molecule has 3 heterocycles. The van der Waals surface area contributed by atoms with Crippen molar-refractivity contribution in [3.05, 3.63) is 60.0 Å². The molecule has 1 saturated heterocycles. The Hall–Kier alpha value is -2.77. The highest BCUT2D eigenvalue weighted by molar-refractivity contribution is 5.72. The summed E-state index contributed by atoms with van der Waals surface area (Å²) in [7, 11) is 0. The Morgan fingerprint density at radius 2 is 2.07 bits per heavy atom. The number of carbonyl (C=O) groups excluding carboxylic acids is 1. The Kier molecular flexibility index (Phi) is 4.87. The lowest BCUT2D eigenvalue weighted by atomic mass is 9.87. The zero-order chi connectivity index (χ0) is 19.7. The Morgan fingerprint density at radius 1 is 1.29 bits per heavy atom. The third-order valence-corrected chi connectivity index (χ3v) is 5.57. The molecule has 0 saturated carbocycles. The second-order valence-electron chi connectivity index (χ2n) is 7.21. The van der Waals surface area contributed by atoms with Crippen LogP contribution in [0.15, 0.2) is 48.8 Å². The highest BCUT2D eigenvalue weighted by atomic mass is 16.6. The molecule has 0 radical (unpaired) electrons. The van der Waals surface area contributed by atoms with Gasteiger partial charge in [-0.15, -0.1) is 0 Å². The number of hydrogen-bond donors (Lipinski definition) is 1. The van der Waals surface area contributed by atoms with Crippen LogP contribution in [0.5, 0.6) is 0 Å². The zero-order valence-corrected chi connectivity index (χ0v) is 16.0. The number of ether oxygens (including phenoxy) is 2. The first-order chi connectivity index (χ1) is 13.6. The molecule has 7 nitrogen and oxygen atoms in total. The van der Waals surface area contributed by atoms with E-state index in [0.29, 0.717) is 23.6 Å². The second kappa shape index (κ2) is 7.33. The van der Waals surface area contributed by atoms with Gasteiger partial charge >= 0.3 is 0 Å². The summed E-state index contributed by atoms with van der Waals surface area (Å²) in [6.07, 6.45) is 2.44. The fraction of sp³-hybridized carbons (Fsp3) is 0.381. The molecular formula is C21H24N4O3. The van der Waals surface area contributed by atoms with E-state index in [-0.39, 0.29) is 12.0 Å². The number of hydrogen-bond acceptors (Lipinski definition) is 6. The minimum atomic E-state index is -1.26. The largest absolute Gasteiger partial charge is 0.382 e. The topological polar surface area (TPSA) is 91.7 Å². The van der Waals surface area contributed by atoms with Crippen LogP contribution in [-0.2, 0) is 26.5 Å². The summed E-state index contributed by atoms with van der Waals surface area (Å²) in [6, 6.07) is 13.5. The molecule has 28 heavy (non-hydrogen) atoms. The molecule has 1 unspecified atom stereocenters. The summed E-state index contributed by atoms with van der Waals surface area (Å²) < 4.78 is 14.3. The molecule has 1 aliphatic heterocycles. The maximum Gasteiger partial charge on any atom is 0.191 e. The number of rotatable bonds is 6. The molecule has 4 rings (SSSR count). The average Bonchev–Trinajstić information content (AvgIpc) is 3.28. The maximum atomic E-state index is 12.5. The van der Waals surface area contributed by atoms with Crippen molar-refractivity contribution in [2.75, 3.05) is 5.73 Å². The van der Waals surface area contributed by atoms with E-state index < -0.39 is 11.7 Å². The van der Waals surface area contributed by atoms with E-state index in [0.717, 1.165) is 18.3 Å². The van der Waals surface area contributed by atoms with Gasteiger partial charge in [0.1, 0.15) is 17.9 Å². The first-order valence-corrected chi connectivity index (χ1v) is 9.49. The number of nitrogens with two attached hydrogens (primary N) is 1. The molecule has 1 aromatic carbocycles. The quantitative estimate of drug-likeness (QED) is 0.661. The van der Waals surface area contributed by atoms with Crippen molar-refractivity contribution < 1.29 is 14.3 Å². The van der Waals surface area contributed by atoms with Gasteiger partial charge in [-0.25, -0.2) is 9.50 Å². The van der Waals surface area contributed by atoms with Gasteiger partial charge in [0.2, 0.25) is 0 Å². The third-order valence-electron chi connectivity index (χ3n) is 5.57. The van der Waals surface area contributed by atoms with Gasteiger partial charge in [0.15, 0.2) is 17.7 Å². The van der Waals surface area contributed by atoms with Gasteiger partial charge in [-0.2, -0.15) is 5.10 Å². The highest BCUT2D eigenvalue weighted by Gasteiger charge is 2.56. The van der Waals surface area contributed by atoms with E-state index in [1.54, 1.807) is 10.6 Å². The molecule has 3 aromatic rings. The average molecular weight is 380 g/mol. The predicted molar refractivity (Wildman–Crippen MR) is 104 cm³/mol. The number of anilines is 1. The summed E-state index contributed by atoms with van der Waals surface area (Å²) >= 11 is 0. The summed E-state index contributed by atoms with van der Waals surface area (Å²) in [6.45, 7) is 4.51. The van der Waals surface area contributed by atoms with Crippen LogP contribution >= 0.6 is 0 Å². The van der Waals surface area contributed by atoms with Crippen LogP contribution in [0.1, 0.15) is 31.5 Å². The first-order valence-electron chi connectivity index (χ1n) is 9.49. The third kappa shape index (κ3) is 2.87. The van der Waals surface area contributed by atoms with Crippen molar-refractivity contribution in [1.82, 2.24) is 14.6 Å². The van der Waals surface area contributed by atoms with Crippen molar-refractivity contribution in [2.45, 2.75) is 44.7 Å². The number of fused-ring (bicyclic) bond motifs is 1. The maximum absolute atomic E-state index is 12.5. The summed E-state index contributed by atoms with van der Waals surface area (Å²) in [4.78, 5) is 16.5. The Labute approximate surface area is 163 Å². The monoisotopic (exact) mass is 380 g/mol. The molecule has 0 spiro atoms. The lowest BCUT2D eigenvalue weighted by molar-refractivity contribution is -0.148. The molecule has 7 heteroatoms. The normalized spacial score (nSPS) is 27.3. The van der Waals surface area contributed by atoms with Gasteiger partial charge in [-0.3, -0.25) is 4.79 Å². The lowest BCUT2D eigenvalue weighted by Gasteiger charge is -2.30. The number of aldehydes is 1. The molecule has 4 atom stereocenters.